The number of nitrogens with one attached hydrogen (secondary N) is 1. The highest BCUT2D eigenvalue weighted by atomic mass is 32.1. The number of anilines is 1. The predicted molar refractivity (Wildman–Crippen MR) is 85.2 cm³/mol. The van der Waals surface area contributed by atoms with Crippen molar-refractivity contribution >= 4 is 28.8 Å². The minimum atomic E-state index is -0.156. The Morgan fingerprint density at radius 3 is 2.81 bits per heavy atom. The summed E-state index contributed by atoms with van der Waals surface area (Å²) < 4.78 is 5.74. The van der Waals surface area contributed by atoms with E-state index < -0.39 is 0 Å². The summed E-state index contributed by atoms with van der Waals surface area (Å²) in [6, 6.07) is 10.8. The first-order valence-electron chi connectivity index (χ1n) is 6.31. The maximum absolute atomic E-state index is 11.2. The lowest BCUT2D eigenvalue weighted by Gasteiger charge is -2.13. The lowest BCUT2D eigenvalue weighted by molar-refractivity contribution is -0.114. The van der Waals surface area contributed by atoms with E-state index in [4.69, 9.17) is 22.7 Å². The molecule has 5 nitrogen and oxygen atoms in total. The average molecular weight is 301 g/mol. The number of hydrogen-bond acceptors (Lipinski definition) is 4. The number of rotatable bonds is 5. The summed E-state index contributed by atoms with van der Waals surface area (Å²) in [7, 11) is 0. The Labute approximate surface area is 128 Å². The number of pyridine rings is 1. The van der Waals surface area contributed by atoms with E-state index in [1.165, 1.54) is 6.92 Å². The Hall–Kier alpha value is -2.47. The first-order chi connectivity index (χ1) is 10.1. The van der Waals surface area contributed by atoms with Gasteiger partial charge in [0.2, 0.25) is 5.91 Å². The molecular weight excluding hydrogens is 286 g/mol. The van der Waals surface area contributed by atoms with Gasteiger partial charge in [-0.15, -0.1) is 0 Å². The summed E-state index contributed by atoms with van der Waals surface area (Å²) in [4.78, 5) is 15.5. The van der Waals surface area contributed by atoms with Crippen LogP contribution < -0.4 is 15.8 Å². The molecule has 0 fully saturated rings. The highest BCUT2D eigenvalue weighted by molar-refractivity contribution is 7.80. The van der Waals surface area contributed by atoms with Gasteiger partial charge in [0.25, 0.3) is 0 Å². The number of para-hydroxylation sites is 2. The Kier molecular flexibility index (Phi) is 4.84. The van der Waals surface area contributed by atoms with E-state index in [2.05, 4.69) is 10.3 Å². The molecule has 1 aromatic carbocycles. The molecule has 0 unspecified atom stereocenters. The number of nitrogens with two attached hydrogens (primary N) is 1. The van der Waals surface area contributed by atoms with Crippen LogP contribution in [0.3, 0.4) is 0 Å². The van der Waals surface area contributed by atoms with Gasteiger partial charge in [0.1, 0.15) is 23.0 Å². The number of nitrogens with zero attached hydrogens (tertiary/aromatic N) is 1. The van der Waals surface area contributed by atoms with Crippen molar-refractivity contribution < 1.29 is 9.53 Å². The fraction of sp³-hybridized carbons (Fsp3) is 0.133. The van der Waals surface area contributed by atoms with Crippen LogP contribution in [-0.2, 0) is 11.4 Å². The highest BCUT2D eigenvalue weighted by Gasteiger charge is 2.09. The second-order valence-electron chi connectivity index (χ2n) is 4.34. The first kappa shape index (κ1) is 14.9. The molecule has 2 aromatic rings. The van der Waals surface area contributed by atoms with E-state index >= 15 is 0 Å². The third kappa shape index (κ3) is 4.00. The number of carbonyl (C=O) groups is 1. The molecule has 2 rings (SSSR count). The van der Waals surface area contributed by atoms with Gasteiger partial charge in [-0.1, -0.05) is 30.4 Å². The molecule has 21 heavy (non-hydrogen) atoms. The molecule has 0 aliphatic heterocycles. The fourth-order valence-corrected chi connectivity index (χ4v) is 2.00. The van der Waals surface area contributed by atoms with E-state index in [9.17, 15) is 4.79 Å². The predicted octanol–water partition coefficient (Wildman–Crippen LogP) is 2.25. The molecule has 0 saturated carbocycles. The zero-order valence-corrected chi connectivity index (χ0v) is 12.3. The molecule has 0 saturated heterocycles. The van der Waals surface area contributed by atoms with Crippen LogP contribution in [0.5, 0.6) is 5.75 Å². The van der Waals surface area contributed by atoms with Gasteiger partial charge in [0.15, 0.2) is 0 Å². The Bertz CT molecular complexity index is 673. The molecule has 0 radical (unpaired) electrons. The summed E-state index contributed by atoms with van der Waals surface area (Å²) in [5.41, 5.74) is 7.59. The van der Waals surface area contributed by atoms with E-state index in [1.807, 2.05) is 18.2 Å². The standard InChI is InChI=1S/C15H15N3O2S/c1-10(19)18-12-6-2-3-7-13(12)20-9-11-5-4-8-17-14(11)15(16)21/h2-8H,9H2,1H3,(H2,16,21)(H,18,19). The third-order valence-corrected chi connectivity index (χ3v) is 2.90. The van der Waals surface area contributed by atoms with Crippen LogP contribution in [0, 0.1) is 0 Å². The Morgan fingerprint density at radius 2 is 2.10 bits per heavy atom. The summed E-state index contributed by atoms with van der Waals surface area (Å²) >= 11 is 4.97. The summed E-state index contributed by atoms with van der Waals surface area (Å²) in [5.74, 6) is 0.418. The van der Waals surface area contributed by atoms with Crippen LogP contribution >= 0.6 is 12.2 Å². The van der Waals surface area contributed by atoms with Crippen LogP contribution in [-0.4, -0.2) is 15.9 Å². The molecule has 0 spiro atoms. The van der Waals surface area contributed by atoms with Crippen molar-refractivity contribution in [1.82, 2.24) is 4.98 Å². The number of benzene rings is 1. The second kappa shape index (κ2) is 6.81. The van der Waals surface area contributed by atoms with Gasteiger partial charge < -0.3 is 15.8 Å². The Morgan fingerprint density at radius 1 is 1.33 bits per heavy atom. The second-order valence-corrected chi connectivity index (χ2v) is 4.78. The lowest BCUT2D eigenvalue weighted by atomic mass is 10.2. The SMILES string of the molecule is CC(=O)Nc1ccccc1OCc1cccnc1C(N)=S. The zero-order valence-electron chi connectivity index (χ0n) is 11.5. The molecular formula is C15H15N3O2S. The summed E-state index contributed by atoms with van der Waals surface area (Å²) in [6.07, 6.45) is 1.63. The van der Waals surface area contributed by atoms with Crippen molar-refractivity contribution in [2.24, 2.45) is 5.73 Å². The molecule has 0 bridgehead atoms. The van der Waals surface area contributed by atoms with Crippen LogP contribution in [0.4, 0.5) is 5.69 Å². The number of aromatic nitrogens is 1. The van der Waals surface area contributed by atoms with Crippen molar-refractivity contribution in [1.29, 1.82) is 0 Å². The minimum absolute atomic E-state index is 0.156. The maximum atomic E-state index is 11.2. The largest absolute Gasteiger partial charge is 0.487 e. The molecule has 108 valence electrons. The molecule has 0 atom stereocenters. The fourth-order valence-electron chi connectivity index (χ4n) is 1.82. The van der Waals surface area contributed by atoms with Gasteiger partial charge >= 0.3 is 0 Å². The monoisotopic (exact) mass is 301 g/mol. The maximum Gasteiger partial charge on any atom is 0.221 e. The van der Waals surface area contributed by atoms with Gasteiger partial charge in [-0.3, -0.25) is 9.78 Å². The third-order valence-electron chi connectivity index (χ3n) is 2.71. The molecule has 0 aliphatic rings. The molecule has 1 aromatic heterocycles. The van der Waals surface area contributed by atoms with Crippen molar-refractivity contribution in [3.63, 3.8) is 0 Å². The van der Waals surface area contributed by atoms with E-state index in [0.717, 1.165) is 5.56 Å². The normalized spacial score (nSPS) is 9.95. The smallest absolute Gasteiger partial charge is 0.221 e. The number of amides is 1. The molecule has 1 heterocycles. The van der Waals surface area contributed by atoms with E-state index in [0.29, 0.717) is 17.1 Å². The quantitative estimate of drug-likeness (QED) is 0.828. The molecule has 1 amide bonds. The lowest BCUT2D eigenvalue weighted by Crippen LogP contribution is -2.15. The van der Waals surface area contributed by atoms with Crippen LogP contribution in [0.2, 0.25) is 0 Å². The van der Waals surface area contributed by atoms with Crippen LogP contribution in [0.15, 0.2) is 42.6 Å². The molecule has 3 N–H and O–H groups in total. The number of carbonyl (C=O) groups excluding carboxylic acids is 1. The van der Waals surface area contributed by atoms with Gasteiger partial charge in [-0.05, 0) is 18.2 Å². The molecule has 6 heteroatoms. The van der Waals surface area contributed by atoms with E-state index in [1.54, 1.807) is 24.4 Å². The van der Waals surface area contributed by atoms with Gasteiger partial charge in [-0.25, -0.2) is 0 Å². The number of ether oxygens (including phenoxy) is 1. The van der Waals surface area contributed by atoms with Crippen molar-refractivity contribution in [3.8, 4) is 5.75 Å². The van der Waals surface area contributed by atoms with Crippen molar-refractivity contribution in [2.45, 2.75) is 13.5 Å². The van der Waals surface area contributed by atoms with Crippen LogP contribution in [0.1, 0.15) is 18.2 Å². The zero-order chi connectivity index (χ0) is 15.2. The highest BCUT2D eigenvalue weighted by Crippen LogP contribution is 2.24. The van der Waals surface area contributed by atoms with Gasteiger partial charge in [0.05, 0.1) is 5.69 Å². The van der Waals surface area contributed by atoms with Crippen molar-refractivity contribution in [3.05, 3.63) is 53.9 Å². The molecule has 0 aliphatic carbocycles. The van der Waals surface area contributed by atoms with Gasteiger partial charge in [0, 0.05) is 18.7 Å². The van der Waals surface area contributed by atoms with E-state index in [-0.39, 0.29) is 17.5 Å². The first-order valence-corrected chi connectivity index (χ1v) is 6.72. The van der Waals surface area contributed by atoms with Crippen molar-refractivity contribution in [2.75, 3.05) is 5.32 Å². The topological polar surface area (TPSA) is 77.2 Å². The average Bonchev–Trinajstić information content (AvgIpc) is 2.46. The van der Waals surface area contributed by atoms with Gasteiger partial charge in [-0.2, -0.15) is 0 Å². The number of hydrogen-bond donors (Lipinski definition) is 2. The number of thiocarbonyl (C=S) groups is 1. The summed E-state index contributed by atoms with van der Waals surface area (Å²) in [5, 5.41) is 2.72. The minimum Gasteiger partial charge on any atom is -0.487 e. The Balaban J connectivity index is 2.17. The summed E-state index contributed by atoms with van der Waals surface area (Å²) in [6.45, 7) is 1.71. The van der Waals surface area contributed by atoms with Crippen LogP contribution in [0.25, 0.3) is 0 Å².